The molecule has 0 saturated carbocycles. The first-order valence-corrected chi connectivity index (χ1v) is 13.8. The number of carbonyl (C=O) groups excluding carboxylic acids is 2. The van der Waals surface area contributed by atoms with E-state index in [-0.39, 0.29) is 5.91 Å². The van der Waals surface area contributed by atoms with E-state index in [1.165, 1.54) is 18.5 Å². The van der Waals surface area contributed by atoms with Crippen LogP contribution in [0.15, 0.2) is 85.3 Å². The van der Waals surface area contributed by atoms with Gasteiger partial charge in [0.05, 0.1) is 24.9 Å². The number of carbonyl (C=O) groups is 2. The van der Waals surface area contributed by atoms with Gasteiger partial charge in [-0.3, -0.25) is 14.5 Å². The fraction of sp³-hybridized carbons (Fsp3) is 0.258. The largest absolute Gasteiger partial charge is 0.489 e. The van der Waals surface area contributed by atoms with E-state index in [1.54, 1.807) is 12.3 Å². The average Bonchev–Trinajstić information content (AvgIpc) is 3.03. The normalized spacial score (nSPS) is 13.6. The van der Waals surface area contributed by atoms with Gasteiger partial charge in [0, 0.05) is 42.9 Å². The van der Waals surface area contributed by atoms with Crippen LogP contribution >= 0.6 is 0 Å². The van der Waals surface area contributed by atoms with Crippen molar-refractivity contribution in [1.29, 1.82) is 0 Å². The second kappa shape index (κ2) is 14.7. The zero-order chi connectivity index (χ0) is 29.0. The van der Waals surface area contributed by atoms with Crippen molar-refractivity contribution < 1.29 is 19.1 Å². The summed E-state index contributed by atoms with van der Waals surface area (Å²) >= 11 is 0. The molecule has 0 atom stereocenters. The van der Waals surface area contributed by atoms with Gasteiger partial charge in [0.2, 0.25) is 11.8 Å². The molecule has 0 bridgehead atoms. The molecular weight excluding hydrogens is 534 g/mol. The molecule has 4 aromatic rings. The number of nitrogens with zero attached hydrogens (tertiary/aromatic N) is 4. The first-order chi connectivity index (χ1) is 20.6. The number of hydrogen-bond donors (Lipinski definition) is 3. The monoisotopic (exact) mass is 567 g/mol. The number of ether oxygens (including phenoxy) is 2. The van der Waals surface area contributed by atoms with Gasteiger partial charge < -0.3 is 25.4 Å². The number of benzene rings is 2. The van der Waals surface area contributed by atoms with Crippen LogP contribution in [0.3, 0.4) is 0 Å². The SMILES string of the molecule is O=C(/C=C/C(=O)Nc1cc2c(Nc3ccc(OCc4ccccc4)cc3)ncnc2cn1)NCCCN1CCOCC1. The van der Waals surface area contributed by atoms with Crippen LogP contribution < -0.4 is 20.7 Å². The maximum atomic E-state index is 12.4. The highest BCUT2D eigenvalue weighted by atomic mass is 16.5. The van der Waals surface area contributed by atoms with E-state index >= 15 is 0 Å². The second-order valence-corrected chi connectivity index (χ2v) is 9.65. The van der Waals surface area contributed by atoms with E-state index in [0.717, 1.165) is 56.3 Å². The van der Waals surface area contributed by atoms with Crippen LogP contribution in [0.25, 0.3) is 10.9 Å². The summed E-state index contributed by atoms with van der Waals surface area (Å²) in [6.45, 7) is 5.25. The van der Waals surface area contributed by atoms with E-state index in [1.807, 2.05) is 54.6 Å². The number of aromatic nitrogens is 3. The lowest BCUT2D eigenvalue weighted by Crippen LogP contribution is -2.38. The molecule has 5 rings (SSSR count). The van der Waals surface area contributed by atoms with Crippen LogP contribution in [0.5, 0.6) is 5.75 Å². The van der Waals surface area contributed by atoms with Gasteiger partial charge in [-0.05, 0) is 48.9 Å². The van der Waals surface area contributed by atoms with Crippen LogP contribution in [-0.4, -0.2) is 71.1 Å². The van der Waals surface area contributed by atoms with E-state index in [0.29, 0.717) is 35.7 Å². The number of anilines is 3. The van der Waals surface area contributed by atoms with E-state index in [9.17, 15) is 9.59 Å². The molecule has 42 heavy (non-hydrogen) atoms. The van der Waals surface area contributed by atoms with Crippen molar-refractivity contribution in [2.24, 2.45) is 0 Å². The number of amides is 2. The predicted octanol–water partition coefficient (Wildman–Crippen LogP) is 3.68. The van der Waals surface area contributed by atoms with Crippen molar-refractivity contribution in [2.75, 3.05) is 50.0 Å². The van der Waals surface area contributed by atoms with Gasteiger partial charge in [-0.2, -0.15) is 0 Å². The van der Waals surface area contributed by atoms with Crippen LogP contribution in [0.1, 0.15) is 12.0 Å². The highest BCUT2D eigenvalue weighted by Gasteiger charge is 2.10. The first kappa shape index (κ1) is 28.7. The zero-order valence-corrected chi connectivity index (χ0v) is 23.2. The Morgan fingerprint density at radius 1 is 0.952 bits per heavy atom. The molecule has 1 aliphatic heterocycles. The maximum absolute atomic E-state index is 12.4. The van der Waals surface area contributed by atoms with Gasteiger partial charge in [0.15, 0.2) is 0 Å². The second-order valence-electron chi connectivity index (χ2n) is 9.65. The molecule has 11 nitrogen and oxygen atoms in total. The molecule has 0 unspecified atom stereocenters. The molecule has 216 valence electrons. The molecule has 2 amide bonds. The molecule has 2 aromatic heterocycles. The number of fused-ring (bicyclic) bond motifs is 1. The summed E-state index contributed by atoms with van der Waals surface area (Å²) in [6, 6.07) is 19.2. The van der Waals surface area contributed by atoms with Gasteiger partial charge in [-0.25, -0.2) is 15.0 Å². The number of nitrogens with one attached hydrogen (secondary N) is 3. The summed E-state index contributed by atoms with van der Waals surface area (Å²) in [7, 11) is 0. The summed E-state index contributed by atoms with van der Waals surface area (Å²) in [5.41, 5.74) is 2.51. The zero-order valence-electron chi connectivity index (χ0n) is 23.2. The Balaban J connectivity index is 1.13. The number of morpholine rings is 1. The predicted molar refractivity (Wildman–Crippen MR) is 160 cm³/mol. The quantitative estimate of drug-likeness (QED) is 0.173. The third kappa shape index (κ3) is 8.56. The average molecular weight is 568 g/mol. The Labute approximate surface area is 244 Å². The van der Waals surface area contributed by atoms with Crippen LogP contribution in [-0.2, 0) is 20.9 Å². The van der Waals surface area contributed by atoms with Crippen LogP contribution in [0.2, 0.25) is 0 Å². The highest BCUT2D eigenvalue weighted by molar-refractivity contribution is 6.04. The molecule has 1 aliphatic rings. The lowest BCUT2D eigenvalue weighted by Gasteiger charge is -2.26. The van der Waals surface area contributed by atoms with Crippen LogP contribution in [0.4, 0.5) is 17.3 Å². The minimum Gasteiger partial charge on any atom is -0.489 e. The van der Waals surface area contributed by atoms with E-state index < -0.39 is 5.91 Å². The van der Waals surface area contributed by atoms with Gasteiger partial charge in [-0.15, -0.1) is 0 Å². The molecule has 3 N–H and O–H groups in total. The Kier molecular flexibility index (Phi) is 10.0. The Hall–Kier alpha value is -4.87. The number of rotatable bonds is 12. The molecule has 11 heteroatoms. The van der Waals surface area contributed by atoms with Crippen molar-refractivity contribution >= 4 is 40.0 Å². The van der Waals surface area contributed by atoms with E-state index in [2.05, 4.69) is 35.8 Å². The Morgan fingerprint density at radius 2 is 1.74 bits per heavy atom. The molecule has 0 radical (unpaired) electrons. The molecule has 1 fully saturated rings. The summed E-state index contributed by atoms with van der Waals surface area (Å²) in [5.74, 6) is 0.826. The summed E-state index contributed by atoms with van der Waals surface area (Å²) < 4.78 is 11.2. The lowest BCUT2D eigenvalue weighted by molar-refractivity contribution is -0.117. The van der Waals surface area contributed by atoms with E-state index in [4.69, 9.17) is 9.47 Å². The van der Waals surface area contributed by atoms with Crippen molar-refractivity contribution in [3.05, 3.63) is 90.9 Å². The first-order valence-electron chi connectivity index (χ1n) is 13.8. The maximum Gasteiger partial charge on any atom is 0.249 e. The van der Waals surface area contributed by atoms with Crippen molar-refractivity contribution in [3.63, 3.8) is 0 Å². The van der Waals surface area contributed by atoms with Crippen molar-refractivity contribution in [1.82, 2.24) is 25.2 Å². The topological polar surface area (TPSA) is 131 Å². The summed E-state index contributed by atoms with van der Waals surface area (Å²) in [6.07, 6.45) is 6.24. The molecule has 1 saturated heterocycles. The number of pyridine rings is 1. The van der Waals surface area contributed by atoms with Crippen molar-refractivity contribution in [3.8, 4) is 5.75 Å². The summed E-state index contributed by atoms with van der Waals surface area (Å²) in [5, 5.41) is 9.46. The summed E-state index contributed by atoms with van der Waals surface area (Å²) in [4.78, 5) is 39.8. The van der Waals surface area contributed by atoms with Crippen LogP contribution in [0, 0.1) is 0 Å². The minimum atomic E-state index is -0.470. The highest BCUT2D eigenvalue weighted by Crippen LogP contribution is 2.26. The number of hydrogen-bond acceptors (Lipinski definition) is 9. The van der Waals surface area contributed by atoms with Gasteiger partial charge >= 0.3 is 0 Å². The van der Waals surface area contributed by atoms with Gasteiger partial charge in [0.25, 0.3) is 0 Å². The molecule has 2 aromatic carbocycles. The standard InChI is InChI=1S/C31H33N7O4/c39-29(32-13-4-14-38-15-17-41-18-16-38)11-12-30(40)37-28-19-26-27(20-33-28)34-22-35-31(26)36-24-7-9-25(10-8-24)42-21-23-5-2-1-3-6-23/h1-3,5-12,19-20,22H,4,13-18,21H2,(H,32,39)(H,33,37,40)(H,34,35,36)/b12-11+. The van der Waals surface area contributed by atoms with Gasteiger partial charge in [-0.1, -0.05) is 30.3 Å². The van der Waals surface area contributed by atoms with Gasteiger partial charge in [0.1, 0.15) is 30.3 Å². The third-order valence-corrected chi connectivity index (χ3v) is 6.58. The molecule has 0 spiro atoms. The lowest BCUT2D eigenvalue weighted by atomic mass is 10.2. The fourth-order valence-corrected chi connectivity index (χ4v) is 4.36. The Morgan fingerprint density at radius 3 is 2.55 bits per heavy atom. The molecular formula is C31H33N7O4. The molecule has 3 heterocycles. The smallest absolute Gasteiger partial charge is 0.249 e. The minimum absolute atomic E-state index is 0.311. The molecule has 0 aliphatic carbocycles. The Bertz CT molecular complexity index is 1510. The van der Waals surface area contributed by atoms with Crippen molar-refractivity contribution in [2.45, 2.75) is 13.0 Å². The fourth-order valence-electron chi connectivity index (χ4n) is 4.36. The third-order valence-electron chi connectivity index (χ3n) is 6.58.